The molecule has 0 radical (unpaired) electrons. The van der Waals surface area contributed by atoms with E-state index in [1.54, 1.807) is 11.3 Å². The minimum atomic E-state index is 0.167. The monoisotopic (exact) mass is 345 g/mol. The third-order valence-corrected chi connectivity index (χ3v) is 5.80. The number of fused-ring (bicyclic) bond motifs is 1. The Kier molecular flexibility index (Phi) is 4.31. The van der Waals surface area contributed by atoms with Gasteiger partial charge in [-0.15, -0.1) is 0 Å². The predicted molar refractivity (Wildman–Crippen MR) is 96.9 cm³/mol. The average Bonchev–Trinajstić information content (AvgIpc) is 3.31. The number of nitrogens with one attached hydrogen (secondary N) is 1. The van der Waals surface area contributed by atoms with E-state index in [2.05, 4.69) is 16.3 Å². The van der Waals surface area contributed by atoms with Crippen LogP contribution in [0.3, 0.4) is 0 Å². The van der Waals surface area contributed by atoms with Gasteiger partial charge in [0.05, 0.1) is 16.8 Å². The first kappa shape index (κ1) is 15.7. The molecule has 2 aliphatic rings. The van der Waals surface area contributed by atoms with Gasteiger partial charge in [0.25, 0.3) is 0 Å². The molecule has 1 saturated carbocycles. The smallest absolute Gasteiger partial charge is 0.223 e. The third kappa shape index (κ3) is 3.34. The summed E-state index contributed by atoms with van der Waals surface area (Å²) in [5.74, 6) is 1.32. The lowest BCUT2D eigenvalue weighted by Gasteiger charge is -2.31. The fourth-order valence-electron chi connectivity index (χ4n) is 3.16. The van der Waals surface area contributed by atoms with Gasteiger partial charge in [0.15, 0.2) is 5.13 Å². The van der Waals surface area contributed by atoms with E-state index in [0.717, 1.165) is 59.9 Å². The molecule has 0 spiro atoms. The van der Waals surface area contributed by atoms with Crippen molar-refractivity contribution in [3.05, 3.63) is 18.2 Å². The van der Waals surface area contributed by atoms with Crippen LogP contribution in [0, 0.1) is 5.92 Å². The largest absolute Gasteiger partial charge is 0.494 e. The summed E-state index contributed by atoms with van der Waals surface area (Å²) in [4.78, 5) is 19.2. The minimum absolute atomic E-state index is 0.167. The van der Waals surface area contributed by atoms with Crippen molar-refractivity contribution in [2.24, 2.45) is 5.92 Å². The quantitative estimate of drug-likeness (QED) is 0.904. The van der Waals surface area contributed by atoms with E-state index < -0.39 is 0 Å². The van der Waals surface area contributed by atoms with Gasteiger partial charge < -0.3 is 15.0 Å². The molecule has 0 atom stereocenters. The van der Waals surface area contributed by atoms with E-state index in [4.69, 9.17) is 9.72 Å². The maximum atomic E-state index is 12.2. The van der Waals surface area contributed by atoms with Crippen LogP contribution in [0.25, 0.3) is 10.2 Å². The van der Waals surface area contributed by atoms with Crippen molar-refractivity contribution in [1.29, 1.82) is 0 Å². The first-order valence-corrected chi connectivity index (χ1v) is 9.63. The molecule has 1 amide bonds. The zero-order chi connectivity index (χ0) is 16.5. The summed E-state index contributed by atoms with van der Waals surface area (Å²) in [6.07, 6.45) is 4.14. The van der Waals surface area contributed by atoms with Gasteiger partial charge in [-0.3, -0.25) is 4.79 Å². The van der Waals surface area contributed by atoms with E-state index >= 15 is 0 Å². The highest BCUT2D eigenvalue weighted by molar-refractivity contribution is 7.22. The highest BCUT2D eigenvalue weighted by atomic mass is 32.1. The van der Waals surface area contributed by atoms with Gasteiger partial charge in [-0.1, -0.05) is 11.3 Å². The molecule has 24 heavy (non-hydrogen) atoms. The fraction of sp³-hybridized carbons (Fsp3) is 0.556. The molecule has 4 rings (SSSR count). The van der Waals surface area contributed by atoms with Crippen LogP contribution in [0.1, 0.15) is 32.6 Å². The van der Waals surface area contributed by atoms with Crippen LogP contribution in [0.2, 0.25) is 0 Å². The molecule has 1 aromatic heterocycles. The van der Waals surface area contributed by atoms with Crippen LogP contribution < -0.4 is 15.0 Å². The number of aromatic nitrogens is 1. The van der Waals surface area contributed by atoms with Gasteiger partial charge in [-0.2, -0.15) is 0 Å². The average molecular weight is 345 g/mol. The normalized spacial score (nSPS) is 18.8. The molecule has 0 unspecified atom stereocenters. The number of thiazole rings is 1. The summed E-state index contributed by atoms with van der Waals surface area (Å²) in [7, 11) is 0. The number of hydrogen-bond donors (Lipinski definition) is 1. The van der Waals surface area contributed by atoms with Crippen LogP contribution >= 0.6 is 11.3 Å². The van der Waals surface area contributed by atoms with Gasteiger partial charge in [0.2, 0.25) is 5.91 Å². The Morgan fingerprint density at radius 3 is 2.83 bits per heavy atom. The van der Waals surface area contributed by atoms with E-state index in [0.29, 0.717) is 12.6 Å². The van der Waals surface area contributed by atoms with Crippen LogP contribution in [0.4, 0.5) is 5.13 Å². The van der Waals surface area contributed by atoms with Crippen molar-refractivity contribution in [2.45, 2.75) is 38.6 Å². The lowest BCUT2D eigenvalue weighted by Crippen LogP contribution is -2.41. The molecule has 1 aromatic carbocycles. The Morgan fingerprint density at radius 2 is 2.12 bits per heavy atom. The second kappa shape index (κ2) is 6.59. The second-order valence-corrected chi connectivity index (χ2v) is 7.61. The second-order valence-electron chi connectivity index (χ2n) is 6.60. The Hall–Kier alpha value is -1.82. The lowest BCUT2D eigenvalue weighted by molar-refractivity contribution is -0.125. The number of benzene rings is 1. The van der Waals surface area contributed by atoms with Gasteiger partial charge in [0, 0.05) is 25.0 Å². The minimum Gasteiger partial charge on any atom is -0.494 e. The van der Waals surface area contributed by atoms with Crippen LogP contribution in [0.5, 0.6) is 5.75 Å². The molecule has 1 aliphatic carbocycles. The molecule has 5 nitrogen and oxygen atoms in total. The highest BCUT2D eigenvalue weighted by Gasteiger charge is 2.30. The van der Waals surface area contributed by atoms with E-state index in [-0.39, 0.29) is 11.8 Å². The number of anilines is 1. The van der Waals surface area contributed by atoms with Gasteiger partial charge >= 0.3 is 0 Å². The number of carbonyl (C=O) groups is 1. The Morgan fingerprint density at radius 1 is 1.33 bits per heavy atom. The predicted octanol–water partition coefficient (Wildman–Crippen LogP) is 3.19. The fourth-order valence-corrected chi connectivity index (χ4v) is 4.21. The summed E-state index contributed by atoms with van der Waals surface area (Å²) in [5.41, 5.74) is 1.02. The number of carbonyl (C=O) groups excluding carboxylic acids is 1. The summed E-state index contributed by atoms with van der Waals surface area (Å²) in [5, 5.41) is 4.19. The highest BCUT2D eigenvalue weighted by Crippen LogP contribution is 2.33. The van der Waals surface area contributed by atoms with E-state index in [9.17, 15) is 4.79 Å². The molecule has 2 heterocycles. The molecule has 6 heteroatoms. The number of hydrogen-bond acceptors (Lipinski definition) is 5. The first-order chi connectivity index (χ1) is 11.7. The lowest BCUT2D eigenvalue weighted by atomic mass is 9.96. The van der Waals surface area contributed by atoms with Gasteiger partial charge in [-0.05, 0) is 50.8 Å². The Bertz CT molecular complexity index is 733. The molecule has 1 saturated heterocycles. The van der Waals surface area contributed by atoms with Gasteiger partial charge in [0.1, 0.15) is 5.75 Å². The zero-order valence-electron chi connectivity index (χ0n) is 14.0. The van der Waals surface area contributed by atoms with E-state index in [1.807, 2.05) is 19.1 Å². The topological polar surface area (TPSA) is 54.5 Å². The van der Waals surface area contributed by atoms with Crippen LogP contribution in [-0.4, -0.2) is 36.6 Å². The van der Waals surface area contributed by atoms with Crippen molar-refractivity contribution in [3.8, 4) is 5.75 Å². The summed E-state index contributed by atoms with van der Waals surface area (Å²) < 4.78 is 6.72. The standard InChI is InChI=1S/C18H23N3O2S/c1-2-23-14-5-6-15-16(11-14)24-18(20-15)21-9-7-12(8-10-21)17(22)19-13-3-4-13/h5-6,11-13H,2-4,7-10H2,1H3,(H,19,22). The van der Waals surface area contributed by atoms with Crippen molar-refractivity contribution >= 4 is 32.6 Å². The zero-order valence-corrected chi connectivity index (χ0v) is 14.8. The third-order valence-electron chi connectivity index (χ3n) is 4.72. The maximum Gasteiger partial charge on any atom is 0.223 e. The summed E-state index contributed by atoms with van der Waals surface area (Å²) in [6, 6.07) is 6.52. The number of rotatable bonds is 5. The molecular formula is C18H23N3O2S. The number of ether oxygens (including phenoxy) is 1. The summed E-state index contributed by atoms with van der Waals surface area (Å²) in [6.45, 7) is 4.47. The van der Waals surface area contributed by atoms with Gasteiger partial charge in [-0.25, -0.2) is 4.98 Å². The van der Waals surface area contributed by atoms with Crippen molar-refractivity contribution in [2.75, 3.05) is 24.6 Å². The Labute approximate surface area is 146 Å². The van der Waals surface area contributed by atoms with E-state index in [1.165, 1.54) is 0 Å². The van der Waals surface area contributed by atoms with Crippen molar-refractivity contribution in [1.82, 2.24) is 10.3 Å². The maximum absolute atomic E-state index is 12.2. The molecule has 1 N–H and O–H groups in total. The SMILES string of the molecule is CCOc1ccc2nc(N3CCC(C(=O)NC4CC4)CC3)sc2c1. The molecular weight excluding hydrogens is 322 g/mol. The number of amides is 1. The number of nitrogens with zero attached hydrogens (tertiary/aromatic N) is 2. The first-order valence-electron chi connectivity index (χ1n) is 8.81. The van der Waals surface area contributed by atoms with Crippen LogP contribution in [0.15, 0.2) is 18.2 Å². The molecule has 128 valence electrons. The number of piperidine rings is 1. The van der Waals surface area contributed by atoms with Crippen molar-refractivity contribution in [3.63, 3.8) is 0 Å². The van der Waals surface area contributed by atoms with Crippen molar-refractivity contribution < 1.29 is 9.53 Å². The Balaban J connectivity index is 1.41. The van der Waals surface area contributed by atoms with Crippen LogP contribution in [-0.2, 0) is 4.79 Å². The molecule has 2 aromatic rings. The molecule has 0 bridgehead atoms. The molecule has 1 aliphatic heterocycles. The molecule has 2 fully saturated rings. The summed E-state index contributed by atoms with van der Waals surface area (Å²) >= 11 is 1.71.